The first-order chi connectivity index (χ1) is 31.0. The topological polar surface area (TPSA) is 188 Å². The molecule has 1 unspecified atom stereocenters. The summed E-state index contributed by atoms with van der Waals surface area (Å²) in [5.41, 5.74) is 0.414. The second-order valence-electron chi connectivity index (χ2n) is 17.6. The van der Waals surface area contributed by atoms with Gasteiger partial charge in [-0.15, -0.1) is 0 Å². The van der Waals surface area contributed by atoms with Crippen LogP contribution in [0.4, 0.5) is 0 Å². The number of aromatic amines is 1. The number of nitrogens with zero attached hydrogens (tertiary/aromatic N) is 3. The van der Waals surface area contributed by atoms with Crippen molar-refractivity contribution in [2.75, 3.05) is 65.6 Å². The molecule has 6 N–H and O–H groups in total. The number of rotatable bonds is 17. The van der Waals surface area contributed by atoms with E-state index < -0.39 is 23.9 Å². The Morgan fingerprint density at radius 1 is 0.812 bits per heavy atom. The number of hydrogen-bond donors (Lipinski definition) is 6. The van der Waals surface area contributed by atoms with Crippen LogP contribution in [0.5, 0.6) is 11.5 Å². The van der Waals surface area contributed by atoms with Gasteiger partial charge >= 0.3 is 5.97 Å². The van der Waals surface area contributed by atoms with Crippen LogP contribution in [0.3, 0.4) is 0 Å². The Morgan fingerprint density at radius 2 is 1.50 bits per heavy atom. The minimum atomic E-state index is -2.10. The lowest BCUT2D eigenvalue weighted by Gasteiger charge is -2.46. The number of nitrogens with one attached hydrogen (secondary N) is 2. The zero-order valence-electron chi connectivity index (χ0n) is 36.1. The first-order valence-electron chi connectivity index (χ1n) is 22.4. The highest BCUT2D eigenvalue weighted by atomic mass is 16.6. The fourth-order valence-corrected chi connectivity index (χ4v) is 9.29. The summed E-state index contributed by atoms with van der Waals surface area (Å²) in [5.74, 6) is -0.234. The Kier molecular flexibility index (Phi) is 14.4. The number of esters is 1. The number of aromatic hydroxyl groups is 1. The molecule has 3 aliphatic heterocycles. The Morgan fingerprint density at radius 3 is 2.23 bits per heavy atom. The van der Waals surface area contributed by atoms with Crippen LogP contribution >= 0.6 is 0 Å². The fraction of sp³-hybridized carbons (Fsp3) is 0.420. The normalized spacial score (nSPS) is 18.8. The molecule has 3 aliphatic rings. The predicted octanol–water partition coefficient (Wildman–Crippen LogP) is 4.12. The number of H-pyrrole nitrogens is 1. The molecule has 1 aromatic heterocycles. The molecule has 3 atom stereocenters. The number of hydrogen-bond acceptors (Lipinski definition) is 12. The molecular formula is C50H59N5O9. The number of phenols is 1. The second kappa shape index (κ2) is 20.5. The number of carbonyl (C=O) groups is 2. The molecule has 0 saturated carbocycles. The van der Waals surface area contributed by atoms with Gasteiger partial charge in [0.05, 0.1) is 18.2 Å². The molecule has 0 spiro atoms. The molecule has 3 saturated heterocycles. The van der Waals surface area contributed by atoms with Crippen LogP contribution in [-0.4, -0.2) is 124 Å². The lowest BCUT2D eigenvalue weighted by molar-refractivity contribution is -0.164. The molecule has 3 fully saturated rings. The van der Waals surface area contributed by atoms with E-state index in [1.54, 1.807) is 65.6 Å². The van der Waals surface area contributed by atoms with Gasteiger partial charge in [0.1, 0.15) is 17.7 Å². The number of aliphatic hydroxyl groups is 3. The van der Waals surface area contributed by atoms with E-state index in [9.17, 15) is 34.8 Å². The third kappa shape index (κ3) is 10.5. The minimum absolute atomic E-state index is 0.0490. The summed E-state index contributed by atoms with van der Waals surface area (Å²) < 4.78 is 11.8. The first kappa shape index (κ1) is 45.0. The summed E-state index contributed by atoms with van der Waals surface area (Å²) in [6, 6.07) is 31.8. The molecule has 4 aromatic carbocycles. The Bertz CT molecular complexity index is 2400. The van der Waals surface area contributed by atoms with Crippen LogP contribution in [0.2, 0.25) is 0 Å². The molecule has 5 aromatic rings. The van der Waals surface area contributed by atoms with E-state index in [1.165, 1.54) is 17.7 Å². The van der Waals surface area contributed by atoms with Crippen LogP contribution in [0.15, 0.2) is 114 Å². The van der Waals surface area contributed by atoms with Gasteiger partial charge in [0, 0.05) is 62.2 Å². The Balaban J connectivity index is 0.769. The van der Waals surface area contributed by atoms with E-state index in [1.807, 2.05) is 24.3 Å². The van der Waals surface area contributed by atoms with Crippen molar-refractivity contribution in [3.05, 3.63) is 142 Å². The number of pyridine rings is 1. The van der Waals surface area contributed by atoms with E-state index in [-0.39, 0.29) is 47.8 Å². The third-order valence-corrected chi connectivity index (χ3v) is 13.3. The molecule has 338 valence electrons. The molecule has 8 rings (SSSR count). The molecular weight excluding hydrogens is 815 g/mol. The lowest BCUT2D eigenvalue weighted by Crippen LogP contribution is -2.60. The van der Waals surface area contributed by atoms with Crippen molar-refractivity contribution < 1.29 is 39.5 Å². The van der Waals surface area contributed by atoms with E-state index in [2.05, 4.69) is 32.2 Å². The lowest BCUT2D eigenvalue weighted by atomic mass is 9.86. The molecule has 14 nitrogen and oxygen atoms in total. The number of amides is 1. The summed E-state index contributed by atoms with van der Waals surface area (Å²) in [5, 5.41) is 48.4. The van der Waals surface area contributed by atoms with Crippen molar-refractivity contribution in [2.45, 2.75) is 50.2 Å². The van der Waals surface area contributed by atoms with Gasteiger partial charge in [0.25, 0.3) is 5.91 Å². The van der Waals surface area contributed by atoms with Crippen LogP contribution in [-0.2, 0) is 26.5 Å². The summed E-state index contributed by atoms with van der Waals surface area (Å²) in [6.07, 6.45) is 2.02. The second-order valence-corrected chi connectivity index (χ2v) is 17.6. The van der Waals surface area contributed by atoms with Gasteiger partial charge in [-0.1, -0.05) is 78.9 Å². The molecule has 14 heteroatoms. The number of aliphatic hydroxyl groups excluding tert-OH is 2. The highest BCUT2D eigenvalue weighted by Gasteiger charge is 2.43. The van der Waals surface area contributed by atoms with Gasteiger partial charge in [-0.2, -0.15) is 0 Å². The van der Waals surface area contributed by atoms with Crippen molar-refractivity contribution in [1.82, 2.24) is 25.0 Å². The van der Waals surface area contributed by atoms with Gasteiger partial charge in [-0.3, -0.25) is 19.4 Å². The molecule has 0 radical (unpaired) electrons. The summed E-state index contributed by atoms with van der Waals surface area (Å²) in [4.78, 5) is 47.6. The number of carbonyl (C=O) groups excluding carboxylic acids is 2. The highest BCUT2D eigenvalue weighted by Crippen LogP contribution is 2.35. The number of likely N-dealkylation sites (tertiary alicyclic amines) is 3. The van der Waals surface area contributed by atoms with Crippen molar-refractivity contribution in [3.8, 4) is 11.5 Å². The van der Waals surface area contributed by atoms with Gasteiger partial charge in [-0.05, 0) is 98.1 Å². The highest BCUT2D eigenvalue weighted by molar-refractivity contribution is 5.87. The molecule has 4 heterocycles. The maximum atomic E-state index is 13.9. The van der Waals surface area contributed by atoms with Gasteiger partial charge in [-0.25, -0.2) is 4.79 Å². The number of aromatic nitrogens is 1. The van der Waals surface area contributed by atoms with Crippen molar-refractivity contribution in [1.29, 1.82) is 0 Å². The third-order valence-electron chi connectivity index (χ3n) is 13.3. The molecule has 0 aliphatic carbocycles. The quantitative estimate of drug-likeness (QED) is 0.0736. The van der Waals surface area contributed by atoms with Crippen molar-refractivity contribution in [3.63, 3.8) is 0 Å². The largest absolute Gasteiger partial charge is 0.506 e. The van der Waals surface area contributed by atoms with Crippen LogP contribution in [0.1, 0.15) is 54.0 Å². The summed E-state index contributed by atoms with van der Waals surface area (Å²) in [6.45, 7) is 5.93. The maximum Gasteiger partial charge on any atom is 0.347 e. The minimum Gasteiger partial charge on any atom is -0.506 e. The van der Waals surface area contributed by atoms with E-state index in [0.29, 0.717) is 73.0 Å². The molecule has 1 amide bonds. The van der Waals surface area contributed by atoms with Crippen LogP contribution < -0.4 is 15.6 Å². The number of benzene rings is 4. The van der Waals surface area contributed by atoms with Gasteiger partial charge in [0.15, 0.2) is 6.61 Å². The van der Waals surface area contributed by atoms with E-state index in [0.717, 1.165) is 45.3 Å². The smallest absolute Gasteiger partial charge is 0.347 e. The zero-order valence-corrected chi connectivity index (χ0v) is 36.1. The standard InChI is InChI=1S/C50H59N5O9/c56-43-16-14-41(42-15-17-45(58)52-47(42)43)44(57)28-51-27-34-20-24-54(25-21-34)48(60)37-30-55(31-37)46(59)33-63-40-13-7-12-39(26-40)50(62,38-10-5-2-6-11-38)49(61)64-32-36-18-22-53(23-19-36)29-35-8-3-1-4-9-35/h1-17,26,34,36-37,44,48,51,56-57,60,62H,18-25,27-33H2,(H,52,58)/t44-,48?,50-/m0/s1. The Hall–Kier alpha value is -5.61. The summed E-state index contributed by atoms with van der Waals surface area (Å²) >= 11 is 0. The number of fused-ring (bicyclic) bond motifs is 1. The van der Waals surface area contributed by atoms with Gasteiger partial charge < -0.3 is 45.1 Å². The number of phenolic OH excluding ortho intramolecular Hbond substituents is 1. The molecule has 64 heavy (non-hydrogen) atoms. The van der Waals surface area contributed by atoms with E-state index >= 15 is 0 Å². The average molecular weight is 874 g/mol. The zero-order chi connectivity index (χ0) is 44.6. The van der Waals surface area contributed by atoms with E-state index in [4.69, 9.17) is 9.47 Å². The summed E-state index contributed by atoms with van der Waals surface area (Å²) in [7, 11) is 0. The first-order valence-corrected chi connectivity index (χ1v) is 22.4. The van der Waals surface area contributed by atoms with Crippen LogP contribution in [0, 0.1) is 17.8 Å². The maximum absolute atomic E-state index is 13.9. The van der Waals surface area contributed by atoms with Crippen molar-refractivity contribution in [2.24, 2.45) is 17.8 Å². The van der Waals surface area contributed by atoms with Crippen molar-refractivity contribution >= 4 is 22.8 Å². The fourth-order valence-electron chi connectivity index (χ4n) is 9.29. The predicted molar refractivity (Wildman–Crippen MR) is 241 cm³/mol. The number of ether oxygens (including phenoxy) is 2. The van der Waals surface area contributed by atoms with Crippen LogP contribution in [0.25, 0.3) is 10.9 Å². The Labute approximate surface area is 373 Å². The molecule has 0 bridgehead atoms. The van der Waals surface area contributed by atoms with Gasteiger partial charge in [0.2, 0.25) is 11.2 Å². The SMILES string of the molecule is O=C(COc1cccc([C@](O)(C(=O)OCC2CCN(Cc3ccccc3)CC2)c2ccccc2)c1)N1CC(C(O)N2CCC(CNC[C@H](O)c3ccc(O)c4[nH]c(=O)ccc34)CC2)C1. The monoisotopic (exact) mass is 873 g/mol. The number of piperidine rings is 2. The average Bonchev–Trinajstić information content (AvgIpc) is 3.31.